The van der Waals surface area contributed by atoms with E-state index in [0.717, 1.165) is 19.7 Å². The Labute approximate surface area is 236 Å². The Morgan fingerprint density at radius 3 is 1.68 bits per heavy atom. The van der Waals surface area contributed by atoms with E-state index in [-0.39, 0.29) is 28.4 Å². The van der Waals surface area contributed by atoms with E-state index in [9.17, 15) is 27.4 Å². The van der Waals surface area contributed by atoms with Gasteiger partial charge in [0.1, 0.15) is 11.5 Å². The van der Waals surface area contributed by atoms with Crippen LogP contribution in [0, 0.1) is 13.8 Å². The molecule has 0 saturated carbocycles. The molecular formula is C29H24N2O7S2-2. The van der Waals surface area contributed by atoms with Gasteiger partial charge in [-0.15, -0.1) is 0 Å². The number of benzene rings is 4. The van der Waals surface area contributed by atoms with Crippen molar-refractivity contribution >= 4 is 57.3 Å². The quantitative estimate of drug-likeness (QED) is 0.219. The van der Waals surface area contributed by atoms with Gasteiger partial charge in [0.05, 0.1) is 50.8 Å². The zero-order valence-corrected chi connectivity index (χ0v) is 23.1. The van der Waals surface area contributed by atoms with Gasteiger partial charge in [-0.25, -0.2) is 4.79 Å². The number of aryl methyl sites for hydroxylation is 2. The Morgan fingerprint density at radius 1 is 0.775 bits per heavy atom. The predicted molar refractivity (Wildman–Crippen MR) is 154 cm³/mol. The Kier molecular flexibility index (Phi) is 8.80. The number of anilines is 4. The van der Waals surface area contributed by atoms with Gasteiger partial charge < -0.3 is 18.9 Å². The fraction of sp³-hybridized carbons (Fsp3) is 0.0690. The highest BCUT2D eigenvalue weighted by Gasteiger charge is 2.21. The molecule has 0 heterocycles. The summed E-state index contributed by atoms with van der Waals surface area (Å²) in [5.74, 6) is -0.935. The summed E-state index contributed by atoms with van der Waals surface area (Å²) in [5.41, 5.74) is 3.03. The van der Waals surface area contributed by atoms with E-state index in [1.165, 1.54) is 30.3 Å². The molecule has 2 unspecified atom stereocenters. The average Bonchev–Trinajstić information content (AvgIpc) is 2.92. The molecule has 0 radical (unpaired) electrons. The topological polar surface area (TPSA) is 133 Å². The van der Waals surface area contributed by atoms with E-state index in [1.54, 1.807) is 60.7 Å². The highest BCUT2D eigenvalue weighted by Crippen LogP contribution is 2.37. The van der Waals surface area contributed by atoms with Crippen molar-refractivity contribution in [1.82, 2.24) is 0 Å². The van der Waals surface area contributed by atoms with Crippen LogP contribution in [0.1, 0.15) is 27.0 Å². The monoisotopic (exact) mass is 576 g/mol. The number of hydrogen-bond acceptors (Lipinski definition) is 6. The first-order chi connectivity index (χ1) is 19.1. The lowest BCUT2D eigenvalue weighted by molar-refractivity contribution is 0.0697. The van der Waals surface area contributed by atoms with Crippen molar-refractivity contribution in [2.45, 2.75) is 13.8 Å². The summed E-state index contributed by atoms with van der Waals surface area (Å²) in [6, 6.07) is 22.2. The van der Waals surface area contributed by atoms with Crippen LogP contribution >= 0.6 is 0 Å². The summed E-state index contributed by atoms with van der Waals surface area (Å²) >= 11 is -5.43. The van der Waals surface area contributed by atoms with Gasteiger partial charge in [-0.2, -0.15) is 0 Å². The van der Waals surface area contributed by atoms with E-state index in [1.807, 2.05) is 13.8 Å². The van der Waals surface area contributed by atoms with Crippen LogP contribution in [0.15, 0.2) is 91.5 Å². The van der Waals surface area contributed by atoms with Crippen LogP contribution in [0.2, 0.25) is 0 Å². The minimum Gasteiger partial charge on any atom is -0.755 e. The molecule has 11 heteroatoms. The molecule has 1 N–H and O–H groups in total. The van der Waals surface area contributed by atoms with Gasteiger partial charge in [0, 0.05) is 5.56 Å². The lowest BCUT2D eigenvalue weighted by atomic mass is 10.1. The summed E-state index contributed by atoms with van der Waals surface area (Å²) in [6.07, 6.45) is 1.48. The molecule has 4 aromatic carbocycles. The molecule has 4 rings (SSSR count). The van der Waals surface area contributed by atoms with Crippen LogP contribution < -0.4 is 13.3 Å². The summed E-state index contributed by atoms with van der Waals surface area (Å²) in [4.78, 5) is 12.1. The Bertz CT molecular complexity index is 1610. The van der Waals surface area contributed by atoms with Gasteiger partial charge in [-0.05, 0) is 74.5 Å². The maximum absolute atomic E-state index is 12.1. The number of carboxylic acids is 1. The third-order valence-corrected chi connectivity index (χ3v) is 7.34. The molecule has 0 aliphatic rings. The molecule has 0 spiro atoms. The molecule has 0 amide bonds. The van der Waals surface area contributed by atoms with Crippen molar-refractivity contribution in [1.29, 1.82) is 0 Å². The molecule has 9 nitrogen and oxygen atoms in total. The van der Waals surface area contributed by atoms with Crippen LogP contribution in [-0.2, 0) is 22.5 Å². The largest absolute Gasteiger partial charge is 0.755 e. The predicted octanol–water partition coefficient (Wildman–Crippen LogP) is 6.30. The normalized spacial score (nSPS) is 12.3. The van der Waals surface area contributed by atoms with Gasteiger partial charge in [-0.1, -0.05) is 48.0 Å². The highest BCUT2D eigenvalue weighted by molar-refractivity contribution is 7.81. The molecule has 0 bridgehead atoms. The number of rotatable bonds is 10. The maximum Gasteiger partial charge on any atom is 0.337 e. The first-order valence-electron chi connectivity index (χ1n) is 11.8. The van der Waals surface area contributed by atoms with Crippen molar-refractivity contribution < 1.29 is 32.2 Å². The molecule has 0 aliphatic heterocycles. The minimum absolute atomic E-state index is 0.0640. The van der Waals surface area contributed by atoms with Crippen LogP contribution in [-0.4, -0.2) is 28.6 Å². The van der Waals surface area contributed by atoms with Crippen molar-refractivity contribution in [2.24, 2.45) is 0 Å². The zero-order valence-electron chi connectivity index (χ0n) is 21.5. The lowest BCUT2D eigenvalue weighted by Gasteiger charge is -2.28. The first-order valence-corrected chi connectivity index (χ1v) is 13.9. The van der Waals surface area contributed by atoms with E-state index in [0.29, 0.717) is 16.9 Å². The van der Waals surface area contributed by atoms with Crippen molar-refractivity contribution in [2.75, 3.05) is 8.61 Å². The smallest absolute Gasteiger partial charge is 0.337 e. The second-order valence-corrected chi connectivity index (χ2v) is 10.3. The summed E-state index contributed by atoms with van der Waals surface area (Å²) in [5, 5.41) is 9.87. The fourth-order valence-electron chi connectivity index (χ4n) is 3.98. The summed E-state index contributed by atoms with van der Waals surface area (Å²) < 4.78 is 56.4. The number of aromatic carboxylic acids is 1. The molecule has 0 saturated heterocycles. The van der Waals surface area contributed by atoms with E-state index in [2.05, 4.69) is 6.58 Å². The van der Waals surface area contributed by atoms with E-state index >= 15 is 0 Å². The molecule has 0 fully saturated rings. The second kappa shape index (κ2) is 12.3. The number of nitrogens with zero attached hydrogens (tertiary/aromatic N) is 2. The fourth-order valence-corrected chi connectivity index (χ4v) is 5.21. The number of carboxylic acid groups (broad SMARTS) is 1. The third-order valence-electron chi connectivity index (χ3n) is 5.93. The Hall–Kier alpha value is -4.29. The van der Waals surface area contributed by atoms with Crippen LogP contribution in [0.3, 0.4) is 0 Å². The van der Waals surface area contributed by atoms with Crippen molar-refractivity contribution in [3.63, 3.8) is 0 Å². The van der Waals surface area contributed by atoms with Gasteiger partial charge in [-0.3, -0.25) is 17.0 Å². The minimum atomic E-state index is -2.80. The van der Waals surface area contributed by atoms with Gasteiger partial charge >= 0.3 is 5.97 Å². The average molecular weight is 577 g/mol. The zero-order chi connectivity index (χ0) is 29.0. The molecule has 206 valence electrons. The molecule has 4 aromatic rings. The Balaban J connectivity index is 1.69. The van der Waals surface area contributed by atoms with Crippen molar-refractivity contribution in [3.8, 4) is 11.5 Å². The highest BCUT2D eigenvalue weighted by atomic mass is 32.2. The third kappa shape index (κ3) is 6.29. The molecule has 40 heavy (non-hydrogen) atoms. The number of ether oxygens (including phenoxy) is 1. The van der Waals surface area contributed by atoms with Crippen molar-refractivity contribution in [3.05, 3.63) is 114 Å². The first kappa shape index (κ1) is 28.7. The van der Waals surface area contributed by atoms with Gasteiger partial charge in [0.25, 0.3) is 0 Å². The van der Waals surface area contributed by atoms with E-state index < -0.39 is 28.5 Å². The van der Waals surface area contributed by atoms with Gasteiger partial charge in [0.15, 0.2) is 0 Å². The van der Waals surface area contributed by atoms with Crippen LogP contribution in [0.4, 0.5) is 22.7 Å². The van der Waals surface area contributed by atoms with E-state index in [4.69, 9.17) is 4.74 Å². The molecule has 0 aromatic heterocycles. The molecular weight excluding hydrogens is 552 g/mol. The maximum atomic E-state index is 12.1. The summed E-state index contributed by atoms with van der Waals surface area (Å²) in [7, 11) is 0. The summed E-state index contributed by atoms with van der Waals surface area (Å²) in [6.45, 7) is 7.53. The Morgan fingerprint density at radius 2 is 1.23 bits per heavy atom. The van der Waals surface area contributed by atoms with Crippen LogP contribution in [0.25, 0.3) is 6.08 Å². The van der Waals surface area contributed by atoms with Gasteiger partial charge in [0.2, 0.25) is 0 Å². The number of carbonyl (C=O) groups is 1. The van der Waals surface area contributed by atoms with Crippen LogP contribution in [0.5, 0.6) is 11.5 Å². The molecule has 2 atom stereocenters. The second-order valence-electron chi connectivity index (χ2n) is 8.70. The lowest BCUT2D eigenvalue weighted by Crippen LogP contribution is -2.22. The SMILES string of the molecule is C=Cc1cc(Oc2ccc(N(c3ccc(C)cc3)S(=O)[O-])c(C(=O)O)c2)ccc1N(c1ccc(C)cc1)S(=O)[O-]. The molecule has 0 aliphatic carbocycles. The number of hydrogen-bond donors (Lipinski definition) is 1. The standard InChI is InChI=1S/C29H26N2O7S2/c1-4-21-17-24(13-15-27(21)30(39(34)35)22-9-5-19(2)6-10-22)38-25-14-16-28(26(18-25)29(32)33)31(40(36)37)23-11-7-20(3)8-12-23/h4-18H,1H2,2-3H3,(H,32,33)(H,34,35)(H,36,37)/p-2.